The zero-order valence-electron chi connectivity index (χ0n) is 12.0. The first-order chi connectivity index (χ1) is 10.9. The Labute approximate surface area is 131 Å². The van der Waals surface area contributed by atoms with Gasteiger partial charge in [0, 0.05) is 11.8 Å². The topological polar surface area (TPSA) is 115 Å². The lowest BCUT2D eigenvalue weighted by atomic mass is 9.78. The minimum Gasteiger partial charge on any atom is -0.478 e. The third-order valence-corrected chi connectivity index (χ3v) is 5.47. The third kappa shape index (κ3) is 1.69. The number of para-hydroxylation sites is 1. The molecular weight excluding hydrogens is 302 g/mol. The molecule has 120 valence electrons. The van der Waals surface area contributed by atoms with Crippen LogP contribution in [0.5, 0.6) is 0 Å². The largest absolute Gasteiger partial charge is 0.478 e. The molecule has 1 aliphatic heterocycles. The predicted octanol–water partition coefficient (Wildman–Crippen LogP) is -0.138. The van der Waals surface area contributed by atoms with Crippen LogP contribution in [0.4, 0.5) is 5.69 Å². The van der Waals surface area contributed by atoms with Gasteiger partial charge in [0.15, 0.2) is 0 Å². The second-order valence-electron chi connectivity index (χ2n) is 6.43. The maximum Gasteiger partial charge on any atom is 0.337 e. The summed E-state index contributed by atoms with van der Waals surface area (Å²) in [5.41, 5.74) is -0.0737. The number of rotatable bonds is 2. The van der Waals surface area contributed by atoms with E-state index in [0.717, 1.165) is 4.90 Å². The zero-order valence-corrected chi connectivity index (χ0v) is 12.0. The molecule has 1 aromatic rings. The molecule has 1 aromatic carbocycles. The highest BCUT2D eigenvalue weighted by molar-refractivity contribution is 6.24. The number of carboxylic acids is 1. The Kier molecular flexibility index (Phi) is 2.88. The van der Waals surface area contributed by atoms with Crippen molar-refractivity contribution in [1.82, 2.24) is 0 Å². The Bertz CT molecular complexity index is 699. The summed E-state index contributed by atoms with van der Waals surface area (Å²) in [6.45, 7) is 0. The summed E-state index contributed by atoms with van der Waals surface area (Å²) < 4.78 is 0. The van der Waals surface area contributed by atoms with E-state index in [-0.39, 0.29) is 11.3 Å². The Morgan fingerprint density at radius 3 is 2.04 bits per heavy atom. The van der Waals surface area contributed by atoms with E-state index in [1.54, 1.807) is 6.07 Å². The summed E-state index contributed by atoms with van der Waals surface area (Å²) in [7, 11) is 0. The van der Waals surface area contributed by atoms with Crippen LogP contribution in [0.2, 0.25) is 0 Å². The molecule has 23 heavy (non-hydrogen) atoms. The Morgan fingerprint density at radius 2 is 1.52 bits per heavy atom. The fourth-order valence-electron chi connectivity index (χ4n) is 4.52. The monoisotopic (exact) mass is 317 g/mol. The van der Waals surface area contributed by atoms with Crippen molar-refractivity contribution in [2.45, 2.75) is 18.6 Å². The van der Waals surface area contributed by atoms with Crippen LogP contribution in [0.3, 0.4) is 0 Å². The number of carbonyl (C=O) groups excluding carboxylic acids is 2. The van der Waals surface area contributed by atoms with Crippen molar-refractivity contribution < 1.29 is 29.7 Å². The van der Waals surface area contributed by atoms with Crippen molar-refractivity contribution in [3.63, 3.8) is 0 Å². The average Bonchev–Trinajstić information content (AvgIpc) is 3.12. The summed E-state index contributed by atoms with van der Waals surface area (Å²) in [5, 5.41) is 29.3. The van der Waals surface area contributed by atoms with Crippen molar-refractivity contribution in [1.29, 1.82) is 0 Å². The molecule has 0 aromatic heterocycles. The fourth-order valence-corrected chi connectivity index (χ4v) is 4.52. The molecule has 0 spiro atoms. The molecule has 0 radical (unpaired) electrons. The van der Waals surface area contributed by atoms with E-state index in [9.17, 15) is 29.7 Å². The average molecular weight is 317 g/mol. The van der Waals surface area contributed by atoms with Gasteiger partial charge in [-0.25, -0.2) is 9.69 Å². The number of carboxylic acid groups (broad SMARTS) is 1. The minimum atomic E-state index is -1.22. The highest BCUT2D eigenvalue weighted by Crippen LogP contribution is 2.56. The van der Waals surface area contributed by atoms with Gasteiger partial charge in [-0.3, -0.25) is 9.59 Å². The maximum absolute atomic E-state index is 12.7. The van der Waals surface area contributed by atoms with Gasteiger partial charge in [-0.2, -0.15) is 0 Å². The van der Waals surface area contributed by atoms with E-state index >= 15 is 0 Å². The summed E-state index contributed by atoms with van der Waals surface area (Å²) in [6, 6.07) is 5.85. The normalized spacial score (nSPS) is 38.3. The van der Waals surface area contributed by atoms with Gasteiger partial charge >= 0.3 is 5.97 Å². The van der Waals surface area contributed by atoms with Gasteiger partial charge in [0.05, 0.1) is 35.3 Å². The lowest BCUT2D eigenvalue weighted by Crippen LogP contribution is -2.43. The molecule has 1 heterocycles. The second kappa shape index (κ2) is 4.62. The van der Waals surface area contributed by atoms with Crippen LogP contribution < -0.4 is 4.90 Å². The number of amides is 2. The summed E-state index contributed by atoms with van der Waals surface area (Å²) >= 11 is 0. The van der Waals surface area contributed by atoms with Gasteiger partial charge in [0.25, 0.3) is 0 Å². The van der Waals surface area contributed by atoms with E-state index in [1.807, 2.05) is 0 Å². The number of anilines is 1. The summed E-state index contributed by atoms with van der Waals surface area (Å²) in [6.07, 6.45) is -1.57. The Balaban J connectivity index is 1.78. The molecule has 7 nitrogen and oxygen atoms in total. The zero-order chi connectivity index (χ0) is 16.5. The first kappa shape index (κ1) is 14.3. The highest BCUT2D eigenvalue weighted by atomic mass is 16.4. The molecule has 6 atom stereocenters. The van der Waals surface area contributed by atoms with Crippen LogP contribution >= 0.6 is 0 Å². The minimum absolute atomic E-state index is 0.0489. The number of imide groups is 1. The molecule has 2 saturated carbocycles. The van der Waals surface area contributed by atoms with Gasteiger partial charge in [0.1, 0.15) is 0 Å². The third-order valence-electron chi connectivity index (χ3n) is 5.47. The molecule has 1 saturated heterocycles. The number of carbonyl (C=O) groups is 3. The van der Waals surface area contributed by atoms with E-state index < -0.39 is 53.7 Å². The number of aliphatic hydroxyl groups is 2. The van der Waals surface area contributed by atoms with Crippen molar-refractivity contribution in [3.05, 3.63) is 29.8 Å². The van der Waals surface area contributed by atoms with Crippen molar-refractivity contribution in [2.24, 2.45) is 23.7 Å². The lowest BCUT2D eigenvalue weighted by molar-refractivity contribution is -0.129. The lowest BCUT2D eigenvalue weighted by Gasteiger charge is -2.29. The standard InChI is InChI=1S/C16H15NO6/c18-12-7-5-8(13(12)19)11-10(7)14(20)17(15(11)21)9-4-2-1-3-6(9)16(22)23/h1-4,7-8,10-13,18-19H,5H2,(H,22,23)/t7-,8-,10-,11+,12-,13-/m0/s1. The molecule has 0 unspecified atom stereocenters. The quantitative estimate of drug-likeness (QED) is 0.654. The van der Waals surface area contributed by atoms with E-state index in [4.69, 9.17) is 0 Å². The summed E-state index contributed by atoms with van der Waals surface area (Å²) in [5.74, 6) is -4.42. The Hall–Kier alpha value is -2.25. The SMILES string of the molecule is O=C(O)c1ccccc1N1C(=O)[C@@H]2[C@@H]3C[C@H]([C@H](O)[C@H]3O)[C@@H]2C1=O. The number of aromatic carboxylic acids is 1. The molecule has 7 heteroatoms. The van der Waals surface area contributed by atoms with Gasteiger partial charge in [-0.1, -0.05) is 12.1 Å². The molecule has 2 amide bonds. The predicted molar refractivity (Wildman–Crippen MR) is 76.5 cm³/mol. The molecule has 3 aliphatic rings. The van der Waals surface area contributed by atoms with Gasteiger partial charge in [-0.05, 0) is 18.6 Å². The van der Waals surface area contributed by atoms with Crippen LogP contribution in [0.1, 0.15) is 16.8 Å². The molecule has 4 rings (SSSR count). The molecule has 3 fully saturated rings. The van der Waals surface area contributed by atoms with Crippen LogP contribution in [0, 0.1) is 23.7 Å². The second-order valence-corrected chi connectivity index (χ2v) is 6.43. The number of aliphatic hydroxyl groups excluding tert-OH is 2. The number of benzene rings is 1. The molecule has 3 N–H and O–H groups in total. The van der Waals surface area contributed by atoms with Crippen molar-refractivity contribution in [3.8, 4) is 0 Å². The molecule has 2 aliphatic carbocycles. The van der Waals surface area contributed by atoms with Crippen LogP contribution in [-0.4, -0.2) is 45.3 Å². The van der Waals surface area contributed by atoms with Crippen LogP contribution in [0.25, 0.3) is 0 Å². The van der Waals surface area contributed by atoms with Crippen molar-refractivity contribution >= 4 is 23.5 Å². The highest BCUT2D eigenvalue weighted by Gasteiger charge is 2.67. The Morgan fingerprint density at radius 1 is 1.00 bits per heavy atom. The van der Waals surface area contributed by atoms with E-state index in [1.165, 1.54) is 18.2 Å². The van der Waals surface area contributed by atoms with Crippen molar-refractivity contribution in [2.75, 3.05) is 4.90 Å². The van der Waals surface area contributed by atoms with E-state index in [0.29, 0.717) is 6.42 Å². The maximum atomic E-state index is 12.7. The van der Waals surface area contributed by atoms with Gasteiger partial charge in [0.2, 0.25) is 11.8 Å². The van der Waals surface area contributed by atoms with Gasteiger partial charge in [-0.15, -0.1) is 0 Å². The first-order valence-corrected chi connectivity index (χ1v) is 7.49. The smallest absolute Gasteiger partial charge is 0.337 e. The first-order valence-electron chi connectivity index (χ1n) is 7.49. The fraction of sp³-hybridized carbons (Fsp3) is 0.438. The number of hydrogen-bond acceptors (Lipinski definition) is 5. The molecule has 2 bridgehead atoms. The van der Waals surface area contributed by atoms with E-state index in [2.05, 4.69) is 0 Å². The van der Waals surface area contributed by atoms with Crippen LogP contribution in [0.15, 0.2) is 24.3 Å². The van der Waals surface area contributed by atoms with Crippen LogP contribution in [-0.2, 0) is 9.59 Å². The molecular formula is C16H15NO6. The summed E-state index contributed by atoms with van der Waals surface area (Å²) in [4.78, 5) is 37.7. The number of hydrogen-bond donors (Lipinski definition) is 3. The number of fused-ring (bicyclic) bond motifs is 5. The number of nitrogens with zero attached hydrogens (tertiary/aromatic N) is 1. The van der Waals surface area contributed by atoms with Gasteiger partial charge < -0.3 is 15.3 Å².